The van der Waals surface area contributed by atoms with Crippen LogP contribution in [0.15, 0.2) is 30.3 Å². The fourth-order valence-electron chi connectivity index (χ4n) is 1.36. The lowest BCUT2D eigenvalue weighted by Gasteiger charge is -2.03. The second-order valence-electron chi connectivity index (χ2n) is 3.41. The zero-order valence-electron chi connectivity index (χ0n) is 9.35. The Kier molecular flexibility index (Phi) is 3.79. The van der Waals surface area contributed by atoms with Gasteiger partial charge >= 0.3 is 0 Å². The van der Waals surface area contributed by atoms with Gasteiger partial charge in [-0.2, -0.15) is 0 Å². The van der Waals surface area contributed by atoms with Crippen LogP contribution in [0.2, 0.25) is 10.0 Å². The SMILES string of the molecule is COc1ccc(C(=O)c2cc(Cl)ccc2Cl)nn1. The third kappa shape index (κ3) is 2.60. The molecule has 92 valence electrons. The molecule has 4 nitrogen and oxygen atoms in total. The summed E-state index contributed by atoms with van der Waals surface area (Å²) in [4.78, 5) is 12.1. The summed E-state index contributed by atoms with van der Waals surface area (Å²) < 4.78 is 4.87. The third-order valence-electron chi connectivity index (χ3n) is 2.25. The summed E-state index contributed by atoms with van der Waals surface area (Å²) >= 11 is 11.8. The minimum absolute atomic E-state index is 0.181. The van der Waals surface area contributed by atoms with Crippen LogP contribution in [-0.2, 0) is 0 Å². The first-order chi connectivity index (χ1) is 8.61. The van der Waals surface area contributed by atoms with Crippen molar-refractivity contribution in [1.82, 2.24) is 10.2 Å². The molecule has 0 aliphatic rings. The first kappa shape index (κ1) is 12.8. The summed E-state index contributed by atoms with van der Waals surface area (Å²) in [6.07, 6.45) is 0. The van der Waals surface area contributed by atoms with Gasteiger partial charge in [0.05, 0.1) is 12.1 Å². The van der Waals surface area contributed by atoms with E-state index in [4.69, 9.17) is 27.9 Å². The molecule has 0 N–H and O–H groups in total. The molecule has 18 heavy (non-hydrogen) atoms. The topological polar surface area (TPSA) is 52.1 Å². The number of ether oxygens (including phenoxy) is 1. The average molecular weight is 283 g/mol. The second kappa shape index (κ2) is 5.33. The van der Waals surface area contributed by atoms with Crippen molar-refractivity contribution in [3.05, 3.63) is 51.6 Å². The number of carbonyl (C=O) groups is 1. The minimum Gasteiger partial charge on any atom is -0.480 e. The molecule has 1 heterocycles. The van der Waals surface area contributed by atoms with Gasteiger partial charge in [-0.1, -0.05) is 23.2 Å². The summed E-state index contributed by atoms with van der Waals surface area (Å²) in [5.74, 6) is 0.00129. The predicted octanol–water partition coefficient (Wildman–Crippen LogP) is 3.02. The number of rotatable bonds is 3. The molecule has 2 aromatic rings. The molecule has 0 fully saturated rings. The Morgan fingerprint density at radius 2 is 1.94 bits per heavy atom. The summed E-state index contributed by atoms with van der Waals surface area (Å²) in [5.41, 5.74) is 0.476. The zero-order valence-corrected chi connectivity index (χ0v) is 10.9. The lowest BCUT2D eigenvalue weighted by molar-refractivity contribution is 0.103. The number of nitrogens with zero attached hydrogens (tertiary/aromatic N) is 2. The average Bonchev–Trinajstić information content (AvgIpc) is 2.41. The lowest BCUT2D eigenvalue weighted by Crippen LogP contribution is -2.06. The van der Waals surface area contributed by atoms with Crippen LogP contribution < -0.4 is 4.74 Å². The van der Waals surface area contributed by atoms with E-state index in [9.17, 15) is 4.79 Å². The van der Waals surface area contributed by atoms with Crippen LogP contribution in [0.1, 0.15) is 16.1 Å². The van der Waals surface area contributed by atoms with E-state index in [0.717, 1.165) is 0 Å². The monoisotopic (exact) mass is 282 g/mol. The normalized spacial score (nSPS) is 10.2. The van der Waals surface area contributed by atoms with Gasteiger partial charge in [0.2, 0.25) is 11.7 Å². The molecule has 0 aliphatic carbocycles. The van der Waals surface area contributed by atoms with Gasteiger partial charge in [0, 0.05) is 16.7 Å². The van der Waals surface area contributed by atoms with E-state index in [2.05, 4.69) is 10.2 Å². The molecule has 0 saturated carbocycles. The highest BCUT2D eigenvalue weighted by atomic mass is 35.5. The molecule has 0 amide bonds. The fourth-order valence-corrected chi connectivity index (χ4v) is 1.73. The van der Waals surface area contributed by atoms with Crippen LogP contribution in [0.25, 0.3) is 0 Å². The molecule has 0 unspecified atom stereocenters. The Labute approximate surface area is 114 Å². The molecular formula is C12H8Cl2N2O2. The number of halogens is 2. The minimum atomic E-state index is -0.336. The highest BCUT2D eigenvalue weighted by Crippen LogP contribution is 2.22. The van der Waals surface area contributed by atoms with Gasteiger partial charge in [-0.05, 0) is 24.3 Å². The van der Waals surface area contributed by atoms with Gasteiger partial charge in [-0.3, -0.25) is 4.79 Å². The standard InChI is InChI=1S/C12H8Cl2N2O2/c1-18-11-5-4-10(15-16-11)12(17)8-6-7(13)2-3-9(8)14/h2-6H,1H3. The first-order valence-corrected chi connectivity index (χ1v) is 5.75. The molecule has 2 rings (SSSR count). The third-order valence-corrected chi connectivity index (χ3v) is 2.82. The van der Waals surface area contributed by atoms with E-state index >= 15 is 0 Å². The van der Waals surface area contributed by atoms with E-state index in [1.165, 1.54) is 19.2 Å². The molecule has 6 heteroatoms. The zero-order chi connectivity index (χ0) is 13.1. The number of hydrogen-bond acceptors (Lipinski definition) is 4. The highest BCUT2D eigenvalue weighted by molar-refractivity contribution is 6.36. The number of carbonyl (C=O) groups excluding carboxylic acids is 1. The Balaban J connectivity index is 2.38. The number of hydrogen-bond donors (Lipinski definition) is 0. The van der Waals surface area contributed by atoms with Crippen molar-refractivity contribution in [2.75, 3.05) is 7.11 Å². The van der Waals surface area contributed by atoms with Crippen molar-refractivity contribution in [2.24, 2.45) is 0 Å². The molecule has 0 bridgehead atoms. The van der Waals surface area contributed by atoms with Crippen LogP contribution in [0.3, 0.4) is 0 Å². The summed E-state index contributed by atoms with van der Waals surface area (Å²) in [7, 11) is 1.47. The number of methoxy groups -OCH3 is 1. The molecule has 0 aliphatic heterocycles. The lowest BCUT2D eigenvalue weighted by atomic mass is 10.1. The second-order valence-corrected chi connectivity index (χ2v) is 4.26. The van der Waals surface area contributed by atoms with Crippen LogP contribution in [0.4, 0.5) is 0 Å². The molecule has 0 atom stereocenters. The Morgan fingerprint density at radius 1 is 1.17 bits per heavy atom. The van der Waals surface area contributed by atoms with Crippen molar-refractivity contribution >= 4 is 29.0 Å². The van der Waals surface area contributed by atoms with Crippen molar-refractivity contribution in [3.8, 4) is 5.88 Å². The van der Waals surface area contributed by atoms with E-state index in [1.807, 2.05) is 0 Å². The molecule has 0 radical (unpaired) electrons. The van der Waals surface area contributed by atoms with Crippen LogP contribution in [0.5, 0.6) is 5.88 Å². The Morgan fingerprint density at radius 3 is 2.56 bits per heavy atom. The molecular weight excluding hydrogens is 275 g/mol. The first-order valence-electron chi connectivity index (χ1n) is 4.99. The maximum absolute atomic E-state index is 12.1. The van der Waals surface area contributed by atoms with Gasteiger partial charge in [0.25, 0.3) is 0 Å². The molecule has 1 aromatic heterocycles. The van der Waals surface area contributed by atoms with E-state index in [1.54, 1.807) is 18.2 Å². The van der Waals surface area contributed by atoms with Gasteiger partial charge in [-0.15, -0.1) is 10.2 Å². The van der Waals surface area contributed by atoms with E-state index in [0.29, 0.717) is 21.5 Å². The van der Waals surface area contributed by atoms with E-state index < -0.39 is 0 Å². The summed E-state index contributed by atoms with van der Waals surface area (Å²) in [5, 5.41) is 8.25. The highest BCUT2D eigenvalue weighted by Gasteiger charge is 2.15. The maximum Gasteiger partial charge on any atom is 0.233 e. The number of benzene rings is 1. The fraction of sp³-hybridized carbons (Fsp3) is 0.0833. The predicted molar refractivity (Wildman–Crippen MR) is 68.5 cm³/mol. The van der Waals surface area contributed by atoms with Crippen molar-refractivity contribution in [1.29, 1.82) is 0 Å². The van der Waals surface area contributed by atoms with Crippen LogP contribution in [-0.4, -0.2) is 23.1 Å². The molecule has 0 spiro atoms. The van der Waals surface area contributed by atoms with Crippen molar-refractivity contribution in [2.45, 2.75) is 0 Å². The van der Waals surface area contributed by atoms with Crippen LogP contribution >= 0.6 is 23.2 Å². The van der Waals surface area contributed by atoms with Crippen molar-refractivity contribution < 1.29 is 9.53 Å². The van der Waals surface area contributed by atoms with E-state index in [-0.39, 0.29) is 11.5 Å². The van der Waals surface area contributed by atoms with Gasteiger partial charge < -0.3 is 4.74 Å². The maximum atomic E-state index is 12.1. The quantitative estimate of drug-likeness (QED) is 0.812. The molecule has 0 saturated heterocycles. The Bertz CT molecular complexity index is 585. The Hall–Kier alpha value is -1.65. The van der Waals surface area contributed by atoms with Gasteiger partial charge in [0.1, 0.15) is 5.69 Å². The number of ketones is 1. The summed E-state index contributed by atoms with van der Waals surface area (Å²) in [6.45, 7) is 0. The van der Waals surface area contributed by atoms with Gasteiger partial charge in [0.15, 0.2) is 0 Å². The summed E-state index contributed by atoms with van der Waals surface area (Å²) in [6, 6.07) is 7.75. The largest absolute Gasteiger partial charge is 0.480 e. The number of aromatic nitrogens is 2. The molecule has 1 aromatic carbocycles. The smallest absolute Gasteiger partial charge is 0.233 e. The van der Waals surface area contributed by atoms with Gasteiger partial charge in [-0.25, -0.2) is 0 Å². The van der Waals surface area contributed by atoms with Crippen molar-refractivity contribution in [3.63, 3.8) is 0 Å². The van der Waals surface area contributed by atoms with Crippen LogP contribution in [0, 0.1) is 0 Å².